The van der Waals surface area contributed by atoms with Crippen molar-refractivity contribution in [3.63, 3.8) is 0 Å². The van der Waals surface area contributed by atoms with Crippen LogP contribution in [0, 0.1) is 18.8 Å². The van der Waals surface area contributed by atoms with Crippen molar-refractivity contribution in [3.8, 4) is 11.5 Å². The number of carbonyl (C=O) groups excluding carboxylic acids is 2. The molecule has 2 aliphatic rings. The van der Waals surface area contributed by atoms with Crippen LogP contribution < -0.4 is 25.0 Å². The van der Waals surface area contributed by atoms with E-state index in [4.69, 9.17) is 14.5 Å². The number of aryl methyl sites for hydroxylation is 1. The lowest BCUT2D eigenvalue weighted by Gasteiger charge is -2.36. The van der Waals surface area contributed by atoms with E-state index in [1.165, 1.54) is 6.42 Å². The predicted molar refractivity (Wildman–Crippen MR) is 146 cm³/mol. The largest absolute Gasteiger partial charge is 0.486 e. The standard InChI is InChI=1S/C29H34N4O4/c1-18-12-19(2)17-33(16-18)27-13-20(3)23-14-21(4-6-24(23)32-27)30-28(34)8-9-29(35)31-22-5-7-25-26(15-22)37-11-10-36-25/h4-7,13-15,18-19H,8-12,16-17H2,1-3H3,(H,30,34)(H,31,35). The highest BCUT2D eigenvalue weighted by Crippen LogP contribution is 2.33. The van der Waals surface area contributed by atoms with E-state index in [1.54, 1.807) is 18.2 Å². The zero-order valence-electron chi connectivity index (χ0n) is 21.7. The topological polar surface area (TPSA) is 92.8 Å². The molecule has 37 heavy (non-hydrogen) atoms. The number of pyridine rings is 1. The average molecular weight is 503 g/mol. The van der Waals surface area contributed by atoms with Crippen molar-refractivity contribution in [1.82, 2.24) is 4.98 Å². The van der Waals surface area contributed by atoms with Gasteiger partial charge in [0.05, 0.1) is 5.52 Å². The fourth-order valence-corrected chi connectivity index (χ4v) is 5.26. The number of rotatable bonds is 6. The number of nitrogens with zero attached hydrogens (tertiary/aromatic N) is 2. The third-order valence-electron chi connectivity index (χ3n) is 6.88. The maximum absolute atomic E-state index is 12.6. The van der Waals surface area contributed by atoms with Gasteiger partial charge >= 0.3 is 0 Å². The summed E-state index contributed by atoms with van der Waals surface area (Å²) in [6, 6.07) is 13.2. The Hall–Kier alpha value is -3.81. The number of hydrogen-bond acceptors (Lipinski definition) is 6. The van der Waals surface area contributed by atoms with Gasteiger partial charge in [-0.1, -0.05) is 13.8 Å². The Morgan fingerprint density at radius 1 is 0.892 bits per heavy atom. The minimum Gasteiger partial charge on any atom is -0.486 e. The molecule has 2 N–H and O–H groups in total. The van der Waals surface area contributed by atoms with Crippen molar-refractivity contribution in [2.75, 3.05) is 41.8 Å². The van der Waals surface area contributed by atoms with Crippen molar-refractivity contribution >= 4 is 39.9 Å². The Kier molecular flexibility index (Phi) is 7.17. The first-order valence-electron chi connectivity index (χ1n) is 13.0. The number of anilines is 3. The molecule has 3 heterocycles. The van der Waals surface area contributed by atoms with Gasteiger partial charge in [0.2, 0.25) is 11.8 Å². The van der Waals surface area contributed by atoms with Crippen molar-refractivity contribution in [2.24, 2.45) is 11.8 Å². The Morgan fingerprint density at radius 3 is 2.22 bits per heavy atom. The van der Waals surface area contributed by atoms with Gasteiger partial charge in [0.1, 0.15) is 19.0 Å². The van der Waals surface area contributed by atoms with Crippen LogP contribution in [-0.4, -0.2) is 43.1 Å². The molecule has 0 bridgehead atoms. The average Bonchev–Trinajstić information content (AvgIpc) is 2.87. The second-order valence-electron chi connectivity index (χ2n) is 10.3. The monoisotopic (exact) mass is 502 g/mol. The molecule has 5 rings (SSSR count). The van der Waals surface area contributed by atoms with Gasteiger partial charge in [0, 0.05) is 48.8 Å². The van der Waals surface area contributed by atoms with E-state index in [2.05, 4.69) is 42.4 Å². The van der Waals surface area contributed by atoms with Gasteiger partial charge in [-0.15, -0.1) is 0 Å². The number of hydrogen-bond donors (Lipinski definition) is 2. The molecule has 0 aliphatic carbocycles. The molecule has 0 spiro atoms. The summed E-state index contributed by atoms with van der Waals surface area (Å²) < 4.78 is 11.0. The summed E-state index contributed by atoms with van der Waals surface area (Å²) in [6.45, 7) is 9.73. The second-order valence-corrected chi connectivity index (χ2v) is 10.3. The quantitative estimate of drug-likeness (QED) is 0.484. The van der Waals surface area contributed by atoms with Crippen LogP contribution in [-0.2, 0) is 9.59 Å². The zero-order chi connectivity index (χ0) is 25.9. The first kappa shape index (κ1) is 24.9. The maximum atomic E-state index is 12.6. The summed E-state index contributed by atoms with van der Waals surface area (Å²) in [4.78, 5) is 32.2. The third-order valence-corrected chi connectivity index (χ3v) is 6.88. The fraction of sp³-hybridized carbons (Fsp3) is 0.414. The molecule has 0 radical (unpaired) electrons. The summed E-state index contributed by atoms with van der Waals surface area (Å²) >= 11 is 0. The molecule has 3 aromatic rings. The SMILES string of the molecule is Cc1cc(N2CC(C)CC(C)C2)nc2ccc(NC(=O)CCC(=O)Nc3ccc4c(c3)OCCO4)cc12. The van der Waals surface area contributed by atoms with Crippen molar-refractivity contribution in [1.29, 1.82) is 0 Å². The molecular weight excluding hydrogens is 468 g/mol. The summed E-state index contributed by atoms with van der Waals surface area (Å²) in [7, 11) is 0. The maximum Gasteiger partial charge on any atom is 0.224 e. The number of aromatic nitrogens is 1. The molecule has 0 saturated carbocycles. The lowest BCUT2D eigenvalue weighted by Crippen LogP contribution is -2.39. The van der Waals surface area contributed by atoms with E-state index < -0.39 is 0 Å². The number of benzene rings is 2. The first-order valence-corrected chi connectivity index (χ1v) is 13.0. The van der Waals surface area contributed by atoms with Crippen molar-refractivity contribution in [3.05, 3.63) is 48.0 Å². The number of nitrogens with one attached hydrogen (secondary N) is 2. The summed E-state index contributed by atoms with van der Waals surface area (Å²) in [5.74, 6) is 3.15. The lowest BCUT2D eigenvalue weighted by molar-refractivity contribution is -0.121. The van der Waals surface area contributed by atoms with Crippen molar-refractivity contribution < 1.29 is 19.1 Å². The number of amides is 2. The Bertz CT molecular complexity index is 1310. The van der Waals surface area contributed by atoms with Gasteiger partial charge in [-0.2, -0.15) is 0 Å². The van der Waals surface area contributed by atoms with Gasteiger partial charge in [0.25, 0.3) is 0 Å². The highest BCUT2D eigenvalue weighted by molar-refractivity contribution is 5.98. The molecule has 2 aromatic carbocycles. The third kappa shape index (κ3) is 5.96. The first-order chi connectivity index (χ1) is 17.8. The Morgan fingerprint density at radius 2 is 1.51 bits per heavy atom. The molecule has 1 saturated heterocycles. The minimum absolute atomic E-state index is 0.0739. The van der Waals surface area contributed by atoms with Gasteiger partial charge in [-0.05, 0) is 67.1 Å². The van der Waals surface area contributed by atoms with Crippen LogP contribution in [0.3, 0.4) is 0 Å². The van der Waals surface area contributed by atoms with Crippen LogP contribution in [0.2, 0.25) is 0 Å². The Labute approximate surface area is 217 Å². The molecule has 1 aromatic heterocycles. The van der Waals surface area contributed by atoms with Crippen LogP contribution in [0.5, 0.6) is 11.5 Å². The highest BCUT2D eigenvalue weighted by Gasteiger charge is 2.23. The lowest BCUT2D eigenvalue weighted by atomic mass is 9.92. The smallest absolute Gasteiger partial charge is 0.224 e. The molecule has 2 atom stereocenters. The summed E-state index contributed by atoms with van der Waals surface area (Å²) in [5.41, 5.74) is 3.35. The van der Waals surface area contributed by atoms with E-state index in [9.17, 15) is 9.59 Å². The molecule has 8 heteroatoms. The van der Waals surface area contributed by atoms with E-state index in [-0.39, 0.29) is 24.7 Å². The number of carbonyl (C=O) groups is 2. The number of ether oxygens (including phenoxy) is 2. The molecule has 2 amide bonds. The highest BCUT2D eigenvalue weighted by atomic mass is 16.6. The van der Waals surface area contributed by atoms with Crippen LogP contribution in [0.4, 0.5) is 17.2 Å². The predicted octanol–water partition coefficient (Wildman–Crippen LogP) is 5.15. The molecule has 2 unspecified atom stereocenters. The van der Waals surface area contributed by atoms with Gasteiger partial charge in [-0.25, -0.2) is 4.98 Å². The molecule has 8 nitrogen and oxygen atoms in total. The molecule has 1 fully saturated rings. The van der Waals surface area contributed by atoms with Crippen LogP contribution in [0.15, 0.2) is 42.5 Å². The van der Waals surface area contributed by atoms with E-state index >= 15 is 0 Å². The van der Waals surface area contributed by atoms with Gasteiger partial charge in [0.15, 0.2) is 11.5 Å². The molecule has 194 valence electrons. The Balaban J connectivity index is 1.18. The van der Waals surface area contributed by atoms with Crippen molar-refractivity contribution in [2.45, 2.75) is 40.0 Å². The number of fused-ring (bicyclic) bond motifs is 2. The van der Waals surface area contributed by atoms with E-state index in [0.717, 1.165) is 35.4 Å². The van der Waals surface area contributed by atoms with Gasteiger partial charge in [-0.3, -0.25) is 9.59 Å². The molecule has 2 aliphatic heterocycles. The van der Waals surface area contributed by atoms with Gasteiger partial charge < -0.3 is 25.0 Å². The normalized spacial score (nSPS) is 18.9. The van der Waals surface area contributed by atoms with Crippen LogP contribution >= 0.6 is 0 Å². The zero-order valence-corrected chi connectivity index (χ0v) is 21.7. The minimum atomic E-state index is -0.237. The number of piperidine rings is 1. The van der Waals surface area contributed by atoms with Crippen LogP contribution in [0.1, 0.15) is 38.7 Å². The summed E-state index contributed by atoms with van der Waals surface area (Å²) in [5, 5.41) is 6.74. The molecular formula is C29H34N4O4. The fourth-order valence-electron chi connectivity index (χ4n) is 5.26. The van der Waals surface area contributed by atoms with E-state index in [0.29, 0.717) is 47.9 Å². The summed E-state index contributed by atoms with van der Waals surface area (Å²) in [6.07, 6.45) is 1.41. The second kappa shape index (κ2) is 10.7. The van der Waals surface area contributed by atoms with Crippen LogP contribution in [0.25, 0.3) is 10.9 Å². The van der Waals surface area contributed by atoms with E-state index in [1.807, 2.05) is 18.2 Å².